The zero-order chi connectivity index (χ0) is 18.0. The molecule has 4 aliphatic rings. The molecule has 0 bridgehead atoms. The van der Waals surface area contributed by atoms with Crippen LogP contribution in [0.4, 0.5) is 4.39 Å². The highest BCUT2D eigenvalue weighted by Crippen LogP contribution is 2.50. The van der Waals surface area contributed by atoms with E-state index in [1.165, 1.54) is 11.3 Å². The number of aliphatic hydroxyl groups is 1. The molecule has 5 atom stereocenters. The normalized spacial score (nSPS) is 41.6. The van der Waals surface area contributed by atoms with Crippen molar-refractivity contribution in [2.75, 3.05) is 6.61 Å². The highest BCUT2D eigenvalue weighted by molar-refractivity contribution is 6.02. The van der Waals surface area contributed by atoms with Gasteiger partial charge in [-0.15, -0.1) is 0 Å². The van der Waals surface area contributed by atoms with Crippen LogP contribution in [0.15, 0.2) is 21.6 Å². The maximum atomic E-state index is 14.5. The minimum atomic E-state index is -1.58. The number of amidine groups is 1. The van der Waals surface area contributed by atoms with Crippen molar-refractivity contribution in [3.8, 4) is 6.07 Å². The predicted molar refractivity (Wildman–Crippen MR) is 82.6 cm³/mol. The first-order valence-corrected chi connectivity index (χ1v) is 7.92. The van der Waals surface area contributed by atoms with E-state index in [4.69, 9.17) is 19.9 Å². The molecule has 134 valence electrons. The Bertz CT molecular complexity index is 745. The van der Waals surface area contributed by atoms with Gasteiger partial charge in [0.2, 0.25) is 5.60 Å². The molecule has 4 aliphatic heterocycles. The molecule has 4 heterocycles. The van der Waals surface area contributed by atoms with E-state index in [9.17, 15) is 14.8 Å². The van der Waals surface area contributed by atoms with Crippen molar-refractivity contribution in [3.63, 3.8) is 0 Å². The van der Waals surface area contributed by atoms with Crippen molar-refractivity contribution in [2.45, 2.75) is 56.0 Å². The van der Waals surface area contributed by atoms with Gasteiger partial charge in [-0.1, -0.05) is 0 Å². The topological polar surface area (TPSA) is 126 Å². The Morgan fingerprint density at radius 3 is 2.92 bits per heavy atom. The fourth-order valence-electron chi connectivity index (χ4n) is 3.92. The van der Waals surface area contributed by atoms with Gasteiger partial charge in [-0.2, -0.15) is 10.4 Å². The van der Waals surface area contributed by atoms with E-state index in [1.807, 2.05) is 0 Å². The fourth-order valence-corrected chi connectivity index (χ4v) is 3.92. The molecule has 0 spiro atoms. The zero-order valence-electron chi connectivity index (χ0n) is 13.7. The molecule has 1 unspecified atom stereocenters. The molecule has 0 aromatic carbocycles. The largest absolute Gasteiger partial charge is 0.394 e. The van der Waals surface area contributed by atoms with E-state index in [0.29, 0.717) is 0 Å². The Labute approximate surface area is 143 Å². The van der Waals surface area contributed by atoms with Crippen molar-refractivity contribution in [2.24, 2.45) is 15.8 Å². The average molecular weight is 351 g/mol. The van der Waals surface area contributed by atoms with Crippen LogP contribution >= 0.6 is 0 Å². The van der Waals surface area contributed by atoms with Gasteiger partial charge in [-0.25, -0.2) is 9.38 Å². The van der Waals surface area contributed by atoms with Crippen LogP contribution in [0.5, 0.6) is 0 Å². The number of aliphatic hydroxyl groups excluding tert-OH is 1. The Hall–Kier alpha value is -2.06. The number of hydrazone groups is 1. The maximum absolute atomic E-state index is 14.5. The smallest absolute Gasteiger partial charge is 0.206 e. The van der Waals surface area contributed by atoms with Gasteiger partial charge in [0.05, 0.1) is 6.61 Å². The fraction of sp³-hybridized carbons (Fsp3) is 0.667. The first-order chi connectivity index (χ1) is 11.8. The number of hydrogen-bond donors (Lipinski definition) is 2. The molecule has 2 fully saturated rings. The van der Waals surface area contributed by atoms with Crippen LogP contribution in [0, 0.1) is 11.3 Å². The van der Waals surface area contributed by atoms with E-state index in [-0.39, 0.29) is 24.6 Å². The quantitative estimate of drug-likeness (QED) is 0.701. The first-order valence-electron chi connectivity index (χ1n) is 7.92. The summed E-state index contributed by atoms with van der Waals surface area (Å²) in [4.78, 5) is 3.80. The van der Waals surface area contributed by atoms with Crippen molar-refractivity contribution >= 4 is 12.2 Å². The highest BCUT2D eigenvalue weighted by Gasteiger charge is 2.68. The summed E-state index contributed by atoms with van der Waals surface area (Å²) in [7, 11) is 0. The summed E-state index contributed by atoms with van der Waals surface area (Å²) in [6.07, 6.45) is -1.16. The number of halogens is 1. The van der Waals surface area contributed by atoms with E-state index < -0.39 is 41.6 Å². The molecule has 9 nitrogen and oxygen atoms in total. The van der Waals surface area contributed by atoms with Gasteiger partial charge in [-0.05, 0) is 13.8 Å². The van der Waals surface area contributed by atoms with Crippen LogP contribution in [0.3, 0.4) is 0 Å². The molecule has 0 aromatic rings. The van der Waals surface area contributed by atoms with Crippen LogP contribution in [0.2, 0.25) is 0 Å². The third-order valence-electron chi connectivity index (χ3n) is 4.88. The van der Waals surface area contributed by atoms with E-state index >= 15 is 0 Å². The van der Waals surface area contributed by atoms with Crippen molar-refractivity contribution in [1.29, 1.82) is 5.26 Å². The van der Waals surface area contributed by atoms with E-state index in [0.717, 1.165) is 0 Å². The summed E-state index contributed by atoms with van der Waals surface area (Å²) in [5.74, 6) is -1.49. The summed E-state index contributed by atoms with van der Waals surface area (Å²) < 4.78 is 32.1. The van der Waals surface area contributed by atoms with Gasteiger partial charge in [0.1, 0.15) is 48.3 Å². The molecule has 0 aromatic heterocycles. The second-order valence-electron chi connectivity index (χ2n) is 6.83. The number of rotatable bonds is 2. The monoisotopic (exact) mass is 351 g/mol. The van der Waals surface area contributed by atoms with Gasteiger partial charge >= 0.3 is 0 Å². The van der Waals surface area contributed by atoms with Crippen molar-refractivity contribution < 1.29 is 23.7 Å². The average Bonchev–Trinajstić information content (AvgIpc) is 3.16. The lowest BCUT2D eigenvalue weighted by Gasteiger charge is -2.37. The van der Waals surface area contributed by atoms with Gasteiger partial charge < -0.3 is 25.1 Å². The summed E-state index contributed by atoms with van der Waals surface area (Å²) in [5.41, 5.74) is 4.21. The number of aliphatic imine (C=N–C) groups is 1. The maximum Gasteiger partial charge on any atom is 0.206 e. The molecule has 0 amide bonds. The third kappa shape index (κ3) is 2.13. The summed E-state index contributed by atoms with van der Waals surface area (Å²) in [6.45, 7) is 3.07. The minimum absolute atomic E-state index is 0.0136. The van der Waals surface area contributed by atoms with E-state index in [1.54, 1.807) is 13.8 Å². The second kappa shape index (κ2) is 5.22. The molecular weight excluding hydrogens is 333 g/mol. The Morgan fingerprint density at radius 2 is 2.24 bits per heavy atom. The Balaban J connectivity index is 1.75. The number of fused-ring (bicyclic) bond motifs is 2. The van der Waals surface area contributed by atoms with Gasteiger partial charge in [0, 0.05) is 6.42 Å². The molecule has 0 saturated carbocycles. The summed E-state index contributed by atoms with van der Waals surface area (Å²) in [5, 5.41) is 25.0. The van der Waals surface area contributed by atoms with E-state index in [2.05, 4.69) is 16.2 Å². The predicted octanol–water partition coefficient (Wildman–Crippen LogP) is -0.271. The minimum Gasteiger partial charge on any atom is -0.394 e. The number of nitrogens with two attached hydrogens (primary N) is 1. The van der Waals surface area contributed by atoms with Crippen LogP contribution in [-0.2, 0) is 14.2 Å². The summed E-state index contributed by atoms with van der Waals surface area (Å²) >= 11 is 0. The molecule has 0 radical (unpaired) electrons. The van der Waals surface area contributed by atoms with Crippen LogP contribution < -0.4 is 5.73 Å². The molecule has 4 rings (SSSR count). The summed E-state index contributed by atoms with van der Waals surface area (Å²) in [6, 6.07) is 1.31. The third-order valence-corrected chi connectivity index (χ3v) is 4.88. The van der Waals surface area contributed by atoms with Crippen LogP contribution in [0.25, 0.3) is 0 Å². The molecule has 3 N–H and O–H groups in total. The molecular formula is C15H18FN5O4. The Morgan fingerprint density at radius 1 is 1.48 bits per heavy atom. The van der Waals surface area contributed by atoms with Gasteiger partial charge in [-0.3, -0.25) is 5.01 Å². The Kier molecular flexibility index (Phi) is 3.42. The number of nitriles is 1. The number of ether oxygens (including phenoxy) is 3. The van der Waals surface area contributed by atoms with Crippen molar-refractivity contribution in [3.05, 3.63) is 11.5 Å². The lowest BCUT2D eigenvalue weighted by atomic mass is 9.87. The lowest BCUT2D eigenvalue weighted by molar-refractivity contribution is -0.210. The number of nitrogens with zero attached hydrogens (tertiary/aromatic N) is 4. The SMILES string of the molecule is CC1(C)O[C@H]2[C@@H](O1)[C@](C#N)(C1CC(F)=C3C(N)=NC=NN31)O[C@@H]2CO. The second-order valence-corrected chi connectivity index (χ2v) is 6.83. The lowest BCUT2D eigenvalue weighted by Crippen LogP contribution is -2.56. The first kappa shape index (κ1) is 16.4. The molecule has 10 heteroatoms. The van der Waals surface area contributed by atoms with Gasteiger partial charge in [0.25, 0.3) is 0 Å². The molecule has 2 saturated heterocycles. The van der Waals surface area contributed by atoms with Crippen LogP contribution in [0.1, 0.15) is 20.3 Å². The molecule has 0 aliphatic carbocycles. The standard InChI is InChI=1S/C15H18FN5O4/c1-14(2)24-11-8(4-22)23-15(5-17,12(11)25-14)9-3-7(16)10-13(18)19-6-20-21(9)10/h6,8-9,11-12,22H,3-4H2,1-2H3,(H2,18,19,20)/t8-,9?,11-,12-,15+/m1/s1. The highest BCUT2D eigenvalue weighted by atomic mass is 19.1. The zero-order valence-corrected chi connectivity index (χ0v) is 13.7. The van der Waals surface area contributed by atoms with Crippen molar-refractivity contribution in [1.82, 2.24) is 5.01 Å². The molecule has 25 heavy (non-hydrogen) atoms. The number of hydrogen-bond acceptors (Lipinski definition) is 9. The van der Waals surface area contributed by atoms with Gasteiger partial charge in [0.15, 0.2) is 11.6 Å². The van der Waals surface area contributed by atoms with Crippen LogP contribution in [-0.4, -0.2) is 64.6 Å².